The quantitative estimate of drug-likeness (QED) is 0.425. The zero-order chi connectivity index (χ0) is 20.3. The van der Waals surface area contributed by atoms with Crippen molar-refractivity contribution in [3.8, 4) is 0 Å². The molecule has 0 atom stereocenters. The summed E-state index contributed by atoms with van der Waals surface area (Å²) in [5.74, 6) is 0.652. The lowest BCUT2D eigenvalue weighted by atomic mass is 10.1. The number of rotatable bonds is 2. The standard InChI is InChI=1S/C21H17Cl2N5O/c1-11(2)28-20-14(10-24-28)8-13(18(23)26-20)7-12-5-6-27-19(12)25-17-9-15(22)3-4-16(17)21(27)29/h3-4,7-11H,5-6H2,1-2H3. The lowest BCUT2D eigenvalue weighted by molar-refractivity contribution is 0.546. The maximum Gasteiger partial charge on any atom is 0.261 e. The third kappa shape index (κ3) is 2.94. The second-order valence-electron chi connectivity index (χ2n) is 7.44. The topological polar surface area (TPSA) is 65.6 Å². The van der Waals surface area contributed by atoms with Crippen molar-refractivity contribution in [2.75, 3.05) is 0 Å². The number of pyridine rings is 1. The Kier molecular flexibility index (Phi) is 4.22. The van der Waals surface area contributed by atoms with Gasteiger partial charge >= 0.3 is 0 Å². The summed E-state index contributed by atoms with van der Waals surface area (Å²) in [7, 11) is 0. The fourth-order valence-corrected chi connectivity index (χ4v) is 4.12. The van der Waals surface area contributed by atoms with Crippen LogP contribution in [-0.4, -0.2) is 24.3 Å². The maximum absolute atomic E-state index is 12.8. The number of aromatic nitrogens is 5. The second-order valence-corrected chi connectivity index (χ2v) is 8.23. The van der Waals surface area contributed by atoms with Gasteiger partial charge in [-0.3, -0.25) is 9.36 Å². The van der Waals surface area contributed by atoms with Gasteiger partial charge in [0.1, 0.15) is 11.0 Å². The summed E-state index contributed by atoms with van der Waals surface area (Å²) in [6, 6.07) is 7.32. The van der Waals surface area contributed by atoms with Gasteiger partial charge in [-0.2, -0.15) is 5.10 Å². The molecule has 1 aliphatic rings. The molecule has 0 radical (unpaired) electrons. The van der Waals surface area contributed by atoms with Crippen molar-refractivity contribution in [1.29, 1.82) is 0 Å². The molecule has 1 aromatic carbocycles. The number of benzene rings is 1. The molecule has 0 saturated heterocycles. The van der Waals surface area contributed by atoms with Crippen molar-refractivity contribution in [2.45, 2.75) is 32.9 Å². The molecule has 4 heterocycles. The molecule has 0 saturated carbocycles. The van der Waals surface area contributed by atoms with Crippen molar-refractivity contribution in [2.24, 2.45) is 0 Å². The Labute approximate surface area is 176 Å². The molecule has 0 N–H and O–H groups in total. The van der Waals surface area contributed by atoms with Gasteiger partial charge in [0.2, 0.25) is 0 Å². The number of allylic oxidation sites excluding steroid dienone is 1. The molecule has 0 amide bonds. The van der Waals surface area contributed by atoms with Gasteiger partial charge in [-0.25, -0.2) is 14.6 Å². The summed E-state index contributed by atoms with van der Waals surface area (Å²) in [6.45, 7) is 4.69. The Bertz CT molecular complexity index is 1380. The van der Waals surface area contributed by atoms with Crippen LogP contribution in [0.2, 0.25) is 10.2 Å². The maximum atomic E-state index is 12.8. The van der Waals surface area contributed by atoms with Gasteiger partial charge < -0.3 is 0 Å². The van der Waals surface area contributed by atoms with E-state index in [1.165, 1.54) is 0 Å². The van der Waals surface area contributed by atoms with E-state index in [0.29, 0.717) is 39.9 Å². The molecule has 0 unspecified atom stereocenters. The number of hydrogen-bond acceptors (Lipinski definition) is 4. The minimum atomic E-state index is -0.0528. The molecule has 8 heteroatoms. The van der Waals surface area contributed by atoms with Crippen LogP contribution in [0.15, 0.2) is 35.3 Å². The summed E-state index contributed by atoms with van der Waals surface area (Å²) in [5.41, 5.74) is 3.03. The molecule has 3 aromatic heterocycles. The van der Waals surface area contributed by atoms with Crippen LogP contribution >= 0.6 is 23.2 Å². The first-order valence-corrected chi connectivity index (χ1v) is 10.1. The van der Waals surface area contributed by atoms with E-state index >= 15 is 0 Å². The first-order valence-electron chi connectivity index (χ1n) is 9.37. The minimum Gasteiger partial charge on any atom is -0.292 e. The predicted octanol–water partition coefficient (Wildman–Crippen LogP) is 4.97. The van der Waals surface area contributed by atoms with Crippen LogP contribution < -0.4 is 5.56 Å². The van der Waals surface area contributed by atoms with Crippen molar-refractivity contribution in [3.63, 3.8) is 0 Å². The van der Waals surface area contributed by atoms with E-state index in [-0.39, 0.29) is 11.6 Å². The number of nitrogens with zero attached hydrogens (tertiary/aromatic N) is 5. The first-order chi connectivity index (χ1) is 13.9. The van der Waals surface area contributed by atoms with Gasteiger partial charge in [0.05, 0.1) is 17.1 Å². The van der Waals surface area contributed by atoms with Gasteiger partial charge in [-0.15, -0.1) is 0 Å². The molecule has 146 valence electrons. The third-order valence-electron chi connectivity index (χ3n) is 5.18. The average molecular weight is 426 g/mol. The van der Waals surface area contributed by atoms with Crippen LogP contribution in [0, 0.1) is 0 Å². The molecule has 0 spiro atoms. The lowest BCUT2D eigenvalue weighted by Crippen LogP contribution is -2.20. The highest BCUT2D eigenvalue weighted by Crippen LogP contribution is 2.31. The minimum absolute atomic E-state index is 0.0528. The molecular formula is C21H17Cl2N5O. The molecule has 5 rings (SSSR count). The Hall–Kier alpha value is -2.70. The fraction of sp³-hybridized carbons (Fsp3) is 0.238. The van der Waals surface area contributed by atoms with E-state index in [1.807, 2.05) is 30.7 Å². The van der Waals surface area contributed by atoms with E-state index in [0.717, 1.165) is 22.2 Å². The molecule has 0 aliphatic carbocycles. The highest BCUT2D eigenvalue weighted by Gasteiger charge is 2.22. The van der Waals surface area contributed by atoms with Crippen LogP contribution in [0.5, 0.6) is 0 Å². The highest BCUT2D eigenvalue weighted by molar-refractivity contribution is 6.31. The first kappa shape index (κ1) is 18.3. The molecular weight excluding hydrogens is 409 g/mol. The Morgan fingerprint density at radius 3 is 2.79 bits per heavy atom. The summed E-state index contributed by atoms with van der Waals surface area (Å²) < 4.78 is 3.55. The predicted molar refractivity (Wildman–Crippen MR) is 116 cm³/mol. The van der Waals surface area contributed by atoms with Crippen LogP contribution in [0.3, 0.4) is 0 Å². The smallest absolute Gasteiger partial charge is 0.261 e. The van der Waals surface area contributed by atoms with E-state index < -0.39 is 0 Å². The second kappa shape index (κ2) is 6.68. The summed E-state index contributed by atoms with van der Waals surface area (Å²) in [4.78, 5) is 22.1. The van der Waals surface area contributed by atoms with Crippen molar-refractivity contribution >= 4 is 56.8 Å². The fourth-order valence-electron chi connectivity index (χ4n) is 3.77. The largest absolute Gasteiger partial charge is 0.292 e. The Morgan fingerprint density at radius 1 is 1.17 bits per heavy atom. The number of halogens is 2. The van der Waals surface area contributed by atoms with E-state index in [1.54, 1.807) is 29.0 Å². The zero-order valence-corrected chi connectivity index (χ0v) is 17.4. The average Bonchev–Trinajstić information content (AvgIpc) is 3.26. The number of hydrogen-bond donors (Lipinski definition) is 0. The summed E-state index contributed by atoms with van der Waals surface area (Å²) >= 11 is 12.6. The van der Waals surface area contributed by atoms with E-state index in [4.69, 9.17) is 28.2 Å². The van der Waals surface area contributed by atoms with Crippen LogP contribution in [-0.2, 0) is 6.54 Å². The van der Waals surface area contributed by atoms with Gasteiger partial charge in [0, 0.05) is 28.6 Å². The monoisotopic (exact) mass is 425 g/mol. The molecule has 4 aromatic rings. The molecule has 0 fully saturated rings. The van der Waals surface area contributed by atoms with Gasteiger partial charge in [-0.05, 0) is 56.2 Å². The highest BCUT2D eigenvalue weighted by atomic mass is 35.5. The van der Waals surface area contributed by atoms with Gasteiger partial charge in [0.15, 0.2) is 5.65 Å². The third-order valence-corrected chi connectivity index (χ3v) is 5.72. The number of fused-ring (bicyclic) bond motifs is 3. The van der Waals surface area contributed by atoms with Crippen molar-refractivity contribution < 1.29 is 0 Å². The summed E-state index contributed by atoms with van der Waals surface area (Å²) in [5, 5.41) is 6.85. The SMILES string of the molecule is CC(C)n1ncc2cc(C=C3CCn4c3nc3cc(Cl)ccc3c4=O)c(Cl)nc21. The van der Waals surface area contributed by atoms with Crippen LogP contribution in [0.25, 0.3) is 33.6 Å². The summed E-state index contributed by atoms with van der Waals surface area (Å²) in [6.07, 6.45) is 4.45. The van der Waals surface area contributed by atoms with Crippen molar-refractivity contribution in [1.82, 2.24) is 24.3 Å². The normalized spacial score (nSPS) is 15.1. The van der Waals surface area contributed by atoms with Crippen molar-refractivity contribution in [3.05, 3.63) is 62.4 Å². The molecule has 6 nitrogen and oxygen atoms in total. The van der Waals surface area contributed by atoms with E-state index in [9.17, 15) is 4.79 Å². The van der Waals surface area contributed by atoms with E-state index in [2.05, 4.69) is 10.1 Å². The van der Waals surface area contributed by atoms with Crippen LogP contribution in [0.1, 0.15) is 37.7 Å². The molecule has 1 aliphatic heterocycles. The Balaban J connectivity index is 1.66. The Morgan fingerprint density at radius 2 is 2.00 bits per heavy atom. The lowest BCUT2D eigenvalue weighted by Gasteiger charge is -2.08. The van der Waals surface area contributed by atoms with Crippen LogP contribution in [0.4, 0.5) is 0 Å². The van der Waals surface area contributed by atoms with Gasteiger partial charge in [-0.1, -0.05) is 23.2 Å². The molecule has 0 bridgehead atoms. The molecule has 29 heavy (non-hydrogen) atoms. The van der Waals surface area contributed by atoms with Gasteiger partial charge in [0.25, 0.3) is 5.56 Å². The zero-order valence-electron chi connectivity index (χ0n) is 15.9.